The van der Waals surface area contributed by atoms with E-state index < -0.39 is 11.8 Å². The number of carboxylic acid groups (broad SMARTS) is 1. The SMILES string of the molecule is Cc1cccc(F)c1-c1ccc(C(=O)O)o1. The average molecular weight is 220 g/mol. The molecule has 1 aromatic heterocycles. The van der Waals surface area contributed by atoms with Crippen LogP contribution in [-0.2, 0) is 0 Å². The molecular formula is C12H9FO3. The van der Waals surface area contributed by atoms with Crippen molar-refractivity contribution in [2.45, 2.75) is 6.92 Å². The van der Waals surface area contributed by atoms with Gasteiger partial charge in [0, 0.05) is 0 Å². The van der Waals surface area contributed by atoms with Gasteiger partial charge in [-0.1, -0.05) is 12.1 Å². The highest BCUT2D eigenvalue weighted by Gasteiger charge is 2.14. The number of benzene rings is 1. The van der Waals surface area contributed by atoms with Gasteiger partial charge in [-0.3, -0.25) is 0 Å². The number of carbonyl (C=O) groups is 1. The second kappa shape index (κ2) is 3.81. The summed E-state index contributed by atoms with van der Waals surface area (Å²) in [6.45, 7) is 1.74. The summed E-state index contributed by atoms with van der Waals surface area (Å²) in [6.07, 6.45) is 0. The first-order valence-electron chi connectivity index (χ1n) is 4.68. The fourth-order valence-corrected chi connectivity index (χ4v) is 1.53. The van der Waals surface area contributed by atoms with Gasteiger partial charge >= 0.3 is 5.97 Å². The summed E-state index contributed by atoms with van der Waals surface area (Å²) in [6, 6.07) is 7.40. The Kier molecular flexibility index (Phi) is 2.48. The average Bonchev–Trinajstić information content (AvgIpc) is 2.66. The van der Waals surface area contributed by atoms with E-state index >= 15 is 0 Å². The first-order valence-corrected chi connectivity index (χ1v) is 4.68. The molecule has 2 rings (SSSR count). The molecule has 0 fully saturated rings. The van der Waals surface area contributed by atoms with Gasteiger partial charge in [0.15, 0.2) is 0 Å². The van der Waals surface area contributed by atoms with Gasteiger partial charge < -0.3 is 9.52 Å². The Bertz CT molecular complexity index is 523. The molecular weight excluding hydrogens is 211 g/mol. The maximum Gasteiger partial charge on any atom is 0.371 e. The topological polar surface area (TPSA) is 50.4 Å². The van der Waals surface area contributed by atoms with Crippen LogP contribution in [0, 0.1) is 12.7 Å². The van der Waals surface area contributed by atoms with E-state index in [0.717, 1.165) is 0 Å². The molecule has 0 aliphatic rings. The molecule has 0 bridgehead atoms. The quantitative estimate of drug-likeness (QED) is 0.845. The first-order chi connectivity index (χ1) is 7.59. The smallest absolute Gasteiger partial charge is 0.371 e. The fourth-order valence-electron chi connectivity index (χ4n) is 1.53. The highest BCUT2D eigenvalue weighted by molar-refractivity contribution is 5.85. The molecule has 0 radical (unpaired) electrons. The zero-order valence-corrected chi connectivity index (χ0v) is 8.53. The lowest BCUT2D eigenvalue weighted by atomic mass is 10.1. The van der Waals surface area contributed by atoms with E-state index in [1.807, 2.05) is 0 Å². The fraction of sp³-hybridized carbons (Fsp3) is 0.0833. The number of rotatable bonds is 2. The van der Waals surface area contributed by atoms with Gasteiger partial charge in [0.05, 0.1) is 5.56 Å². The van der Waals surface area contributed by atoms with Crippen LogP contribution in [0.4, 0.5) is 4.39 Å². The number of hydrogen-bond donors (Lipinski definition) is 1. The van der Waals surface area contributed by atoms with Crippen molar-refractivity contribution in [1.29, 1.82) is 0 Å². The number of aromatic carboxylic acids is 1. The standard InChI is InChI=1S/C12H9FO3/c1-7-3-2-4-8(13)11(7)9-5-6-10(16-9)12(14)15/h2-6H,1H3,(H,14,15). The highest BCUT2D eigenvalue weighted by atomic mass is 19.1. The van der Waals surface area contributed by atoms with Gasteiger partial charge in [0.2, 0.25) is 5.76 Å². The molecule has 1 aromatic carbocycles. The molecule has 3 nitrogen and oxygen atoms in total. The molecule has 4 heteroatoms. The number of hydrogen-bond acceptors (Lipinski definition) is 2. The Hall–Kier alpha value is -2.10. The van der Waals surface area contributed by atoms with Gasteiger partial charge in [0.25, 0.3) is 0 Å². The summed E-state index contributed by atoms with van der Waals surface area (Å²) >= 11 is 0. The van der Waals surface area contributed by atoms with Crippen LogP contribution in [-0.4, -0.2) is 11.1 Å². The Morgan fingerprint density at radius 1 is 1.31 bits per heavy atom. The first kappa shape index (κ1) is 10.4. The Morgan fingerprint density at radius 3 is 2.62 bits per heavy atom. The summed E-state index contributed by atoms with van der Waals surface area (Å²) < 4.78 is 18.6. The zero-order chi connectivity index (χ0) is 11.7. The zero-order valence-electron chi connectivity index (χ0n) is 8.53. The third-order valence-corrected chi connectivity index (χ3v) is 2.29. The largest absolute Gasteiger partial charge is 0.475 e. The molecule has 0 saturated heterocycles. The minimum absolute atomic E-state index is 0.197. The Labute approximate surface area is 91.1 Å². The summed E-state index contributed by atoms with van der Waals surface area (Å²) in [4.78, 5) is 10.6. The molecule has 1 N–H and O–H groups in total. The molecule has 2 aromatic rings. The van der Waals surface area contributed by atoms with Crippen molar-refractivity contribution in [3.8, 4) is 11.3 Å². The highest BCUT2D eigenvalue weighted by Crippen LogP contribution is 2.28. The van der Waals surface area contributed by atoms with E-state index in [9.17, 15) is 9.18 Å². The summed E-state index contributed by atoms with van der Waals surface area (Å²) in [5.74, 6) is -1.56. The van der Waals surface area contributed by atoms with Crippen LogP contribution in [0.2, 0.25) is 0 Å². The number of carboxylic acids is 1. The summed E-state index contributed by atoms with van der Waals surface area (Å²) in [5, 5.41) is 8.70. The van der Waals surface area contributed by atoms with E-state index in [-0.39, 0.29) is 11.5 Å². The third kappa shape index (κ3) is 1.69. The summed E-state index contributed by atoms with van der Waals surface area (Å²) in [7, 11) is 0. The normalized spacial score (nSPS) is 10.4. The van der Waals surface area contributed by atoms with Gasteiger partial charge in [-0.2, -0.15) is 0 Å². The van der Waals surface area contributed by atoms with E-state index in [1.54, 1.807) is 19.1 Å². The molecule has 0 spiro atoms. The molecule has 0 unspecified atom stereocenters. The monoisotopic (exact) mass is 220 g/mol. The van der Waals surface area contributed by atoms with Crippen LogP contribution in [0.15, 0.2) is 34.7 Å². The van der Waals surface area contributed by atoms with Crippen molar-refractivity contribution in [2.75, 3.05) is 0 Å². The third-order valence-electron chi connectivity index (χ3n) is 2.29. The molecule has 1 heterocycles. The van der Waals surface area contributed by atoms with Crippen molar-refractivity contribution >= 4 is 5.97 Å². The molecule has 0 atom stereocenters. The second-order valence-electron chi connectivity index (χ2n) is 3.40. The van der Waals surface area contributed by atoms with Crippen molar-refractivity contribution in [1.82, 2.24) is 0 Å². The van der Waals surface area contributed by atoms with Crippen molar-refractivity contribution < 1.29 is 18.7 Å². The minimum atomic E-state index is -1.17. The van der Waals surface area contributed by atoms with Crippen LogP contribution in [0.3, 0.4) is 0 Å². The molecule has 0 amide bonds. The molecule has 0 aliphatic carbocycles. The lowest BCUT2D eigenvalue weighted by molar-refractivity contribution is 0.0663. The van der Waals surface area contributed by atoms with Crippen LogP contribution >= 0.6 is 0 Å². The molecule has 82 valence electrons. The maximum absolute atomic E-state index is 13.5. The maximum atomic E-state index is 13.5. The van der Waals surface area contributed by atoms with Gasteiger partial charge in [-0.15, -0.1) is 0 Å². The number of aryl methyl sites for hydroxylation is 1. The van der Waals surface area contributed by atoms with Crippen LogP contribution < -0.4 is 0 Å². The number of furan rings is 1. The van der Waals surface area contributed by atoms with Gasteiger partial charge in [-0.05, 0) is 30.7 Å². The minimum Gasteiger partial charge on any atom is -0.475 e. The predicted octanol–water partition coefficient (Wildman–Crippen LogP) is 3.09. The van der Waals surface area contributed by atoms with E-state index in [1.165, 1.54) is 18.2 Å². The second-order valence-corrected chi connectivity index (χ2v) is 3.40. The Balaban J connectivity index is 2.54. The van der Waals surface area contributed by atoms with Gasteiger partial charge in [0.1, 0.15) is 11.6 Å². The number of halogens is 1. The van der Waals surface area contributed by atoms with Gasteiger partial charge in [-0.25, -0.2) is 9.18 Å². The van der Waals surface area contributed by atoms with E-state index in [0.29, 0.717) is 11.1 Å². The van der Waals surface area contributed by atoms with Crippen LogP contribution in [0.5, 0.6) is 0 Å². The van der Waals surface area contributed by atoms with Crippen molar-refractivity contribution in [2.24, 2.45) is 0 Å². The molecule has 16 heavy (non-hydrogen) atoms. The van der Waals surface area contributed by atoms with Crippen molar-refractivity contribution in [3.63, 3.8) is 0 Å². The lowest BCUT2D eigenvalue weighted by Gasteiger charge is -2.03. The van der Waals surface area contributed by atoms with Crippen LogP contribution in [0.1, 0.15) is 16.1 Å². The van der Waals surface area contributed by atoms with Crippen LogP contribution in [0.25, 0.3) is 11.3 Å². The lowest BCUT2D eigenvalue weighted by Crippen LogP contribution is -1.92. The van der Waals surface area contributed by atoms with Crippen molar-refractivity contribution in [3.05, 3.63) is 47.5 Å². The Morgan fingerprint density at radius 2 is 2.06 bits per heavy atom. The molecule has 0 aliphatic heterocycles. The van der Waals surface area contributed by atoms with E-state index in [4.69, 9.17) is 9.52 Å². The molecule has 0 saturated carbocycles. The van der Waals surface area contributed by atoms with E-state index in [2.05, 4.69) is 0 Å². The summed E-state index contributed by atoms with van der Waals surface area (Å²) in [5.41, 5.74) is 1.00. The predicted molar refractivity (Wildman–Crippen MR) is 55.8 cm³/mol.